The van der Waals surface area contributed by atoms with Gasteiger partial charge in [0.05, 0.1) is 42.8 Å². The topological polar surface area (TPSA) is 84.0 Å². The highest BCUT2D eigenvalue weighted by molar-refractivity contribution is 6.56. The minimum Gasteiger partial charge on any atom is -0.426 e. The fourth-order valence-corrected chi connectivity index (χ4v) is 5.22. The molecule has 2 heterocycles. The van der Waals surface area contributed by atoms with Crippen molar-refractivity contribution in [1.29, 1.82) is 0 Å². The van der Waals surface area contributed by atoms with E-state index in [-0.39, 0.29) is 61.5 Å². The van der Waals surface area contributed by atoms with E-state index in [0.29, 0.717) is 5.69 Å². The first-order chi connectivity index (χ1) is 17.6. The van der Waals surface area contributed by atoms with Crippen LogP contribution >= 0.6 is 46.4 Å². The van der Waals surface area contributed by atoms with Crippen molar-refractivity contribution in [3.8, 4) is 5.75 Å². The van der Waals surface area contributed by atoms with Crippen LogP contribution in [0.15, 0.2) is 48.5 Å². The average Bonchev–Trinajstić information content (AvgIpc) is 3.39. The number of esters is 1. The number of carbonyl (C=O) groups is 4. The Hall–Kier alpha value is -3.17. The molecule has 2 aliphatic rings. The van der Waals surface area contributed by atoms with Gasteiger partial charge in [-0.1, -0.05) is 52.5 Å². The van der Waals surface area contributed by atoms with Crippen LogP contribution in [-0.4, -0.2) is 30.2 Å². The third-order valence-corrected chi connectivity index (χ3v) is 7.79. The third-order valence-electron chi connectivity index (χ3n) is 5.99. The minimum absolute atomic E-state index is 0.0417. The highest BCUT2D eigenvalue weighted by Gasteiger charge is 2.43. The summed E-state index contributed by atoms with van der Waals surface area (Å²) < 4.78 is 18.7. The molecule has 3 aromatic rings. The summed E-state index contributed by atoms with van der Waals surface area (Å²) in [7, 11) is 0. The van der Waals surface area contributed by atoms with Crippen molar-refractivity contribution >= 4 is 81.5 Å². The third kappa shape index (κ3) is 4.34. The number of anilines is 2. The van der Waals surface area contributed by atoms with Gasteiger partial charge in [-0.05, 0) is 36.4 Å². The zero-order chi connectivity index (χ0) is 26.6. The molecule has 0 spiro atoms. The van der Waals surface area contributed by atoms with Crippen LogP contribution in [0.1, 0.15) is 27.1 Å². The monoisotopic (exact) mass is 580 g/mol. The molecule has 12 heteroatoms. The molecular weight excluding hydrogens is 569 g/mol. The summed E-state index contributed by atoms with van der Waals surface area (Å²) in [6.07, 6.45) is -0.0905. The van der Waals surface area contributed by atoms with Gasteiger partial charge in [0.25, 0.3) is 11.8 Å². The normalized spacial score (nSPS) is 17.0. The number of fused-ring (bicyclic) bond motifs is 1. The lowest BCUT2D eigenvalue weighted by molar-refractivity contribution is -0.139. The summed E-state index contributed by atoms with van der Waals surface area (Å²) in [5, 5.41) is -0.714. The predicted molar refractivity (Wildman–Crippen MR) is 137 cm³/mol. The van der Waals surface area contributed by atoms with E-state index in [0.717, 1.165) is 4.90 Å². The van der Waals surface area contributed by atoms with Gasteiger partial charge < -0.3 is 9.64 Å². The molecule has 37 heavy (non-hydrogen) atoms. The molecule has 3 amide bonds. The molecule has 1 saturated heterocycles. The van der Waals surface area contributed by atoms with Gasteiger partial charge in [0.2, 0.25) is 5.91 Å². The number of halogens is 5. The van der Waals surface area contributed by atoms with Crippen molar-refractivity contribution < 1.29 is 28.3 Å². The maximum Gasteiger partial charge on any atom is 0.316 e. The molecule has 0 saturated carbocycles. The van der Waals surface area contributed by atoms with Gasteiger partial charge in [-0.3, -0.25) is 19.2 Å². The quantitative estimate of drug-likeness (QED) is 0.120. The van der Waals surface area contributed by atoms with Crippen molar-refractivity contribution in [3.63, 3.8) is 0 Å². The zero-order valence-electron chi connectivity index (χ0n) is 18.4. The van der Waals surface area contributed by atoms with Gasteiger partial charge >= 0.3 is 5.97 Å². The number of hydrogen-bond acceptors (Lipinski definition) is 5. The molecule has 1 fully saturated rings. The molecule has 0 aromatic heterocycles. The molecule has 0 radical (unpaired) electrons. The summed E-state index contributed by atoms with van der Waals surface area (Å²) in [5.74, 6) is -3.71. The molecule has 3 aromatic carbocycles. The van der Waals surface area contributed by atoms with E-state index in [1.54, 1.807) is 0 Å². The summed E-state index contributed by atoms with van der Waals surface area (Å²) >= 11 is 24.5. The SMILES string of the molecule is O=C(Oc1cccc(N2C(=O)c3c(Cl)c(Cl)c(Cl)c(Cl)c3C2=O)c1)[C@H]1CC(=O)N(c2ccc(F)cc2)C1. The Balaban J connectivity index is 1.36. The lowest BCUT2D eigenvalue weighted by Crippen LogP contribution is -2.29. The molecule has 1 atom stereocenters. The van der Waals surface area contributed by atoms with Crippen LogP contribution in [0.5, 0.6) is 5.75 Å². The summed E-state index contributed by atoms with van der Waals surface area (Å²) in [6, 6.07) is 11.1. The average molecular weight is 582 g/mol. The maximum atomic E-state index is 13.2. The van der Waals surface area contributed by atoms with Crippen molar-refractivity contribution in [1.82, 2.24) is 0 Å². The molecule has 0 bridgehead atoms. The lowest BCUT2D eigenvalue weighted by Gasteiger charge is -2.17. The fourth-order valence-electron chi connectivity index (χ4n) is 4.21. The predicted octanol–water partition coefficient (Wildman–Crippen LogP) is 6.20. The Morgan fingerprint density at radius 2 is 1.43 bits per heavy atom. The first-order valence-corrected chi connectivity index (χ1v) is 12.2. The van der Waals surface area contributed by atoms with Gasteiger partial charge in [-0.2, -0.15) is 0 Å². The number of carbonyl (C=O) groups excluding carboxylic acids is 4. The minimum atomic E-state index is -0.776. The molecular formula is C25H13Cl4FN2O5. The van der Waals surface area contributed by atoms with Crippen molar-refractivity contribution in [2.75, 3.05) is 16.3 Å². The second kappa shape index (κ2) is 9.61. The molecule has 188 valence electrons. The van der Waals surface area contributed by atoms with E-state index in [1.807, 2.05) is 0 Å². The van der Waals surface area contributed by atoms with E-state index in [9.17, 15) is 23.6 Å². The molecule has 0 aliphatic carbocycles. The van der Waals surface area contributed by atoms with Crippen LogP contribution < -0.4 is 14.5 Å². The number of rotatable bonds is 4. The Bertz CT molecular complexity index is 1460. The standard InChI is InChI=1S/C25H13Cl4FN2O5/c26-19-17-18(20(27)22(29)21(19)28)24(35)32(23(17)34)14-2-1-3-15(9-14)37-25(36)11-8-16(33)31(10-11)13-6-4-12(30)5-7-13/h1-7,9,11H,8,10H2/t11-/m0/s1. The molecule has 0 N–H and O–H groups in total. The van der Waals surface area contributed by atoms with Crippen LogP contribution in [0.3, 0.4) is 0 Å². The van der Waals surface area contributed by atoms with E-state index in [1.165, 1.54) is 53.4 Å². The van der Waals surface area contributed by atoms with E-state index < -0.39 is 29.5 Å². The Morgan fingerprint density at radius 3 is 2.03 bits per heavy atom. The number of benzene rings is 3. The van der Waals surface area contributed by atoms with Crippen LogP contribution in [0.25, 0.3) is 0 Å². The van der Waals surface area contributed by atoms with Crippen molar-refractivity contribution in [3.05, 3.63) is 85.6 Å². The number of nitrogens with zero attached hydrogens (tertiary/aromatic N) is 2. The highest BCUT2D eigenvalue weighted by atomic mass is 35.5. The molecule has 0 unspecified atom stereocenters. The van der Waals surface area contributed by atoms with Gasteiger partial charge in [0.1, 0.15) is 11.6 Å². The van der Waals surface area contributed by atoms with Crippen LogP contribution in [0.2, 0.25) is 20.1 Å². The summed E-state index contributed by atoms with van der Waals surface area (Å²) in [4.78, 5) is 53.7. The Labute approximate surface area is 229 Å². The molecule has 2 aliphatic heterocycles. The lowest BCUT2D eigenvalue weighted by atomic mass is 10.1. The van der Waals surface area contributed by atoms with Crippen LogP contribution in [-0.2, 0) is 9.59 Å². The Kier molecular flexibility index (Phi) is 6.62. The van der Waals surface area contributed by atoms with E-state index in [2.05, 4.69) is 0 Å². The zero-order valence-corrected chi connectivity index (χ0v) is 21.5. The van der Waals surface area contributed by atoms with Crippen LogP contribution in [0, 0.1) is 11.7 Å². The fraction of sp³-hybridized carbons (Fsp3) is 0.120. The highest BCUT2D eigenvalue weighted by Crippen LogP contribution is 2.46. The number of amides is 3. The van der Waals surface area contributed by atoms with Gasteiger partial charge in [0.15, 0.2) is 0 Å². The first kappa shape index (κ1) is 25.5. The van der Waals surface area contributed by atoms with Gasteiger partial charge in [0, 0.05) is 24.7 Å². The number of ether oxygens (including phenoxy) is 1. The largest absolute Gasteiger partial charge is 0.426 e. The van der Waals surface area contributed by atoms with E-state index >= 15 is 0 Å². The summed E-state index contributed by atoms with van der Waals surface area (Å²) in [6.45, 7) is 0.0555. The first-order valence-electron chi connectivity index (χ1n) is 10.7. The molecule has 7 nitrogen and oxygen atoms in total. The second-order valence-electron chi connectivity index (χ2n) is 8.25. The maximum absolute atomic E-state index is 13.2. The number of imide groups is 1. The molecule has 5 rings (SSSR count). The second-order valence-corrected chi connectivity index (χ2v) is 9.76. The van der Waals surface area contributed by atoms with Crippen molar-refractivity contribution in [2.24, 2.45) is 5.92 Å². The smallest absolute Gasteiger partial charge is 0.316 e. The van der Waals surface area contributed by atoms with E-state index in [4.69, 9.17) is 51.1 Å². The van der Waals surface area contributed by atoms with Gasteiger partial charge in [-0.25, -0.2) is 9.29 Å². The van der Waals surface area contributed by atoms with Crippen molar-refractivity contribution in [2.45, 2.75) is 6.42 Å². The number of hydrogen-bond donors (Lipinski definition) is 0. The Morgan fingerprint density at radius 1 is 0.838 bits per heavy atom. The van der Waals surface area contributed by atoms with Crippen LogP contribution in [0.4, 0.5) is 15.8 Å². The summed E-state index contributed by atoms with van der Waals surface area (Å²) in [5.41, 5.74) is 0.191. The van der Waals surface area contributed by atoms with Gasteiger partial charge in [-0.15, -0.1) is 0 Å².